The quantitative estimate of drug-likeness (QED) is 0.766. The Morgan fingerprint density at radius 2 is 2.19 bits per heavy atom. The second-order valence-corrected chi connectivity index (χ2v) is 4.14. The van der Waals surface area contributed by atoms with Gasteiger partial charge in [-0.2, -0.15) is 0 Å². The van der Waals surface area contributed by atoms with E-state index >= 15 is 0 Å². The van der Waals surface area contributed by atoms with Crippen LogP contribution in [0.3, 0.4) is 0 Å². The molecule has 0 aromatic carbocycles. The molecule has 88 valence electrons. The van der Waals surface area contributed by atoms with Crippen LogP contribution >= 0.6 is 0 Å². The highest BCUT2D eigenvalue weighted by Gasteiger charge is 2.10. The summed E-state index contributed by atoms with van der Waals surface area (Å²) >= 11 is 0. The van der Waals surface area contributed by atoms with Gasteiger partial charge < -0.3 is 15.4 Å². The molecule has 4 nitrogen and oxygen atoms in total. The van der Waals surface area contributed by atoms with Crippen LogP contribution < -0.4 is 10.5 Å². The van der Waals surface area contributed by atoms with Crippen molar-refractivity contribution >= 4 is 5.82 Å². The summed E-state index contributed by atoms with van der Waals surface area (Å²) in [7, 11) is 0. The predicted octanol–water partition coefficient (Wildman–Crippen LogP) is 1.53. The first kappa shape index (κ1) is 11.2. The molecule has 16 heavy (non-hydrogen) atoms. The summed E-state index contributed by atoms with van der Waals surface area (Å²) < 4.78 is 5.58. The largest absolute Gasteiger partial charge is 0.490 e. The van der Waals surface area contributed by atoms with Crippen LogP contribution in [0.4, 0.5) is 5.82 Å². The second-order valence-electron chi connectivity index (χ2n) is 4.14. The highest BCUT2D eigenvalue weighted by atomic mass is 16.5. The number of nitrogens with zero attached hydrogens (tertiary/aromatic N) is 2. The number of hydrogen-bond donors (Lipinski definition) is 1. The number of nitrogens with two attached hydrogens (primary N) is 1. The number of likely N-dealkylation sites (tertiary alicyclic amines) is 1. The Morgan fingerprint density at radius 3 is 2.94 bits per heavy atom. The molecule has 0 radical (unpaired) electrons. The molecule has 4 heteroatoms. The lowest BCUT2D eigenvalue weighted by molar-refractivity contribution is 0.264. The van der Waals surface area contributed by atoms with E-state index in [1.54, 1.807) is 6.20 Å². The molecule has 0 atom stereocenters. The maximum absolute atomic E-state index is 5.68. The Bertz CT molecular complexity index is 324. The van der Waals surface area contributed by atoms with Crippen molar-refractivity contribution in [3.8, 4) is 5.75 Å². The number of aromatic nitrogens is 1. The van der Waals surface area contributed by atoms with Crippen LogP contribution in [-0.2, 0) is 0 Å². The van der Waals surface area contributed by atoms with Gasteiger partial charge in [-0.1, -0.05) is 0 Å². The summed E-state index contributed by atoms with van der Waals surface area (Å²) in [4.78, 5) is 6.46. The predicted molar refractivity (Wildman–Crippen MR) is 64.4 cm³/mol. The van der Waals surface area contributed by atoms with Crippen LogP contribution in [0.5, 0.6) is 5.75 Å². The van der Waals surface area contributed by atoms with Gasteiger partial charge in [0.2, 0.25) is 0 Å². The Labute approximate surface area is 96.4 Å². The van der Waals surface area contributed by atoms with Crippen molar-refractivity contribution in [1.29, 1.82) is 0 Å². The van der Waals surface area contributed by atoms with Gasteiger partial charge in [-0.05, 0) is 44.5 Å². The third-order valence-corrected chi connectivity index (χ3v) is 2.87. The molecule has 1 aliphatic heterocycles. The molecule has 0 spiro atoms. The number of hydrogen-bond acceptors (Lipinski definition) is 4. The molecular weight excluding hydrogens is 202 g/mol. The highest BCUT2D eigenvalue weighted by molar-refractivity contribution is 5.44. The zero-order chi connectivity index (χ0) is 11.2. The van der Waals surface area contributed by atoms with E-state index in [0.29, 0.717) is 18.2 Å². The summed E-state index contributed by atoms with van der Waals surface area (Å²) in [6.07, 6.45) is 5.41. The zero-order valence-electron chi connectivity index (χ0n) is 9.56. The molecule has 2 N–H and O–H groups in total. The van der Waals surface area contributed by atoms with Gasteiger partial charge in [0.1, 0.15) is 0 Å². The average molecular weight is 221 g/mol. The van der Waals surface area contributed by atoms with E-state index in [1.165, 1.54) is 25.9 Å². The SMILES string of the molecule is Nc1ncccc1OCCCN1CCCC1. The molecule has 0 amide bonds. The van der Waals surface area contributed by atoms with Crippen LogP contribution in [0.15, 0.2) is 18.3 Å². The molecule has 1 aliphatic rings. The summed E-state index contributed by atoms with van der Waals surface area (Å²) in [5.74, 6) is 1.17. The second kappa shape index (κ2) is 5.70. The average Bonchev–Trinajstić information content (AvgIpc) is 2.79. The molecule has 0 bridgehead atoms. The van der Waals surface area contributed by atoms with Crippen molar-refractivity contribution in [3.05, 3.63) is 18.3 Å². The maximum Gasteiger partial charge on any atom is 0.166 e. The van der Waals surface area contributed by atoms with Gasteiger partial charge in [0.05, 0.1) is 6.61 Å². The molecular formula is C12H19N3O. The topological polar surface area (TPSA) is 51.4 Å². The Hall–Kier alpha value is -1.29. The molecule has 0 saturated carbocycles. The molecule has 1 aromatic heterocycles. The Balaban J connectivity index is 1.66. The Kier molecular flexibility index (Phi) is 3.99. The first-order chi connectivity index (χ1) is 7.86. The smallest absolute Gasteiger partial charge is 0.166 e. The summed E-state index contributed by atoms with van der Waals surface area (Å²) in [5, 5.41) is 0. The zero-order valence-corrected chi connectivity index (χ0v) is 9.56. The van der Waals surface area contributed by atoms with E-state index in [0.717, 1.165) is 13.0 Å². The minimum Gasteiger partial charge on any atom is -0.490 e. The van der Waals surface area contributed by atoms with Crippen LogP contribution in [0, 0.1) is 0 Å². The van der Waals surface area contributed by atoms with Gasteiger partial charge in [-0.3, -0.25) is 0 Å². The summed E-state index contributed by atoms with van der Waals surface area (Å²) in [5.41, 5.74) is 5.68. The number of ether oxygens (including phenoxy) is 1. The van der Waals surface area contributed by atoms with Crippen molar-refractivity contribution in [3.63, 3.8) is 0 Å². The van der Waals surface area contributed by atoms with Crippen molar-refractivity contribution < 1.29 is 4.74 Å². The van der Waals surface area contributed by atoms with Crippen LogP contribution in [0.25, 0.3) is 0 Å². The molecule has 2 rings (SSSR count). The van der Waals surface area contributed by atoms with Gasteiger partial charge in [0.25, 0.3) is 0 Å². The molecule has 2 heterocycles. The third kappa shape index (κ3) is 3.10. The normalized spacial score (nSPS) is 16.5. The van der Waals surface area contributed by atoms with E-state index < -0.39 is 0 Å². The summed E-state index contributed by atoms with van der Waals surface area (Å²) in [6, 6.07) is 3.70. The first-order valence-corrected chi connectivity index (χ1v) is 5.92. The van der Waals surface area contributed by atoms with E-state index in [9.17, 15) is 0 Å². The standard InChI is InChI=1S/C12H19N3O/c13-12-11(5-3-6-14-12)16-10-4-9-15-7-1-2-8-15/h3,5-6H,1-2,4,7-10H2,(H2,13,14). The number of nitrogen functional groups attached to an aromatic ring is 1. The first-order valence-electron chi connectivity index (χ1n) is 5.92. The van der Waals surface area contributed by atoms with E-state index in [-0.39, 0.29) is 0 Å². The van der Waals surface area contributed by atoms with E-state index in [2.05, 4.69) is 9.88 Å². The van der Waals surface area contributed by atoms with Gasteiger partial charge in [-0.15, -0.1) is 0 Å². The highest BCUT2D eigenvalue weighted by Crippen LogP contribution is 2.17. The fraction of sp³-hybridized carbons (Fsp3) is 0.583. The van der Waals surface area contributed by atoms with E-state index in [4.69, 9.17) is 10.5 Å². The maximum atomic E-state index is 5.68. The number of pyridine rings is 1. The molecule has 0 aliphatic carbocycles. The van der Waals surface area contributed by atoms with Gasteiger partial charge in [-0.25, -0.2) is 4.98 Å². The van der Waals surface area contributed by atoms with Crippen LogP contribution in [0.1, 0.15) is 19.3 Å². The molecule has 1 saturated heterocycles. The van der Waals surface area contributed by atoms with E-state index in [1.807, 2.05) is 12.1 Å². The number of rotatable bonds is 5. The minimum absolute atomic E-state index is 0.476. The van der Waals surface area contributed by atoms with Crippen LogP contribution in [0.2, 0.25) is 0 Å². The summed E-state index contributed by atoms with van der Waals surface area (Å²) in [6.45, 7) is 4.33. The third-order valence-electron chi connectivity index (χ3n) is 2.87. The van der Waals surface area contributed by atoms with Gasteiger partial charge in [0.15, 0.2) is 11.6 Å². The van der Waals surface area contributed by atoms with Crippen LogP contribution in [-0.4, -0.2) is 36.1 Å². The van der Waals surface area contributed by atoms with Crippen molar-refractivity contribution in [2.24, 2.45) is 0 Å². The van der Waals surface area contributed by atoms with Gasteiger partial charge >= 0.3 is 0 Å². The minimum atomic E-state index is 0.476. The molecule has 1 fully saturated rings. The molecule has 0 unspecified atom stereocenters. The van der Waals surface area contributed by atoms with Crippen molar-refractivity contribution in [2.75, 3.05) is 32.0 Å². The van der Waals surface area contributed by atoms with Crippen molar-refractivity contribution in [2.45, 2.75) is 19.3 Å². The fourth-order valence-corrected chi connectivity index (χ4v) is 2.00. The lowest BCUT2D eigenvalue weighted by Gasteiger charge is -2.14. The van der Waals surface area contributed by atoms with Crippen molar-refractivity contribution in [1.82, 2.24) is 9.88 Å². The lowest BCUT2D eigenvalue weighted by Crippen LogP contribution is -2.22. The monoisotopic (exact) mass is 221 g/mol. The number of anilines is 1. The fourth-order valence-electron chi connectivity index (χ4n) is 2.00. The Morgan fingerprint density at radius 1 is 1.38 bits per heavy atom. The van der Waals surface area contributed by atoms with Gasteiger partial charge in [0, 0.05) is 12.7 Å². The lowest BCUT2D eigenvalue weighted by atomic mass is 10.4. The molecule has 1 aromatic rings.